The van der Waals surface area contributed by atoms with Crippen molar-refractivity contribution in [2.24, 2.45) is 11.5 Å². The first kappa shape index (κ1) is 12.1. The van der Waals surface area contributed by atoms with Gasteiger partial charge in [0.2, 0.25) is 0 Å². The van der Waals surface area contributed by atoms with E-state index in [1.54, 1.807) is 0 Å². The lowest BCUT2D eigenvalue weighted by molar-refractivity contribution is 0.0997. The second kappa shape index (κ2) is 5.71. The van der Waals surface area contributed by atoms with Gasteiger partial charge < -0.3 is 16.6 Å². The molecule has 0 unspecified atom stereocenters. The van der Waals surface area contributed by atoms with Crippen molar-refractivity contribution in [3.8, 4) is 5.75 Å². The average molecular weight is 196 g/mol. The smallest absolute Gasteiger partial charge is 0.252 e. The lowest BCUT2D eigenvalue weighted by atomic mass is 10.1. The van der Waals surface area contributed by atoms with Crippen molar-refractivity contribution in [3.63, 3.8) is 0 Å². The Morgan fingerprint density at radius 2 is 2.00 bits per heavy atom. The summed E-state index contributed by atoms with van der Waals surface area (Å²) in [5.41, 5.74) is 9.44. The molecule has 0 aliphatic carbocycles. The van der Waals surface area contributed by atoms with Crippen molar-refractivity contribution < 1.29 is 14.7 Å². The number of carbonyl (C=O) groups is 2. The summed E-state index contributed by atoms with van der Waals surface area (Å²) < 4.78 is 0. The third-order valence-electron chi connectivity index (χ3n) is 1.46. The molecule has 0 aliphatic rings. The Kier molecular flexibility index (Phi) is 4.95. The van der Waals surface area contributed by atoms with Gasteiger partial charge in [0.05, 0.1) is 11.1 Å². The highest BCUT2D eigenvalue weighted by Gasteiger charge is 2.09. The fourth-order valence-corrected chi connectivity index (χ4v) is 0.855. The molecule has 0 aliphatic heterocycles. The second-order valence-corrected chi connectivity index (χ2v) is 2.23. The highest BCUT2D eigenvalue weighted by Crippen LogP contribution is 2.19. The molecular weight excluding hydrogens is 184 g/mol. The summed E-state index contributed by atoms with van der Waals surface area (Å²) in [7, 11) is 1.50. The van der Waals surface area contributed by atoms with Crippen LogP contribution in [-0.4, -0.2) is 24.3 Å². The fourth-order valence-electron chi connectivity index (χ4n) is 0.855. The van der Waals surface area contributed by atoms with E-state index in [2.05, 4.69) is 5.73 Å². The maximum absolute atomic E-state index is 10.6. The van der Waals surface area contributed by atoms with Gasteiger partial charge in [0.1, 0.15) is 5.75 Å². The van der Waals surface area contributed by atoms with Crippen molar-refractivity contribution in [1.82, 2.24) is 0 Å². The maximum Gasteiger partial charge on any atom is 0.252 e. The van der Waals surface area contributed by atoms with E-state index in [0.717, 1.165) is 0 Å². The first-order valence-corrected chi connectivity index (χ1v) is 3.81. The van der Waals surface area contributed by atoms with Gasteiger partial charge >= 0.3 is 0 Å². The molecule has 0 saturated heterocycles. The zero-order chi connectivity index (χ0) is 11.1. The molecule has 5 N–H and O–H groups in total. The summed E-state index contributed by atoms with van der Waals surface area (Å²) in [5, 5.41) is 9.23. The van der Waals surface area contributed by atoms with Crippen molar-refractivity contribution in [2.45, 2.75) is 0 Å². The number of primary amides is 1. The molecule has 14 heavy (non-hydrogen) atoms. The predicted molar refractivity (Wildman–Crippen MR) is 52.1 cm³/mol. The van der Waals surface area contributed by atoms with Crippen LogP contribution < -0.4 is 11.5 Å². The first-order valence-electron chi connectivity index (χ1n) is 3.81. The molecular formula is C9H12N2O3. The van der Waals surface area contributed by atoms with E-state index in [1.165, 1.54) is 25.2 Å². The number of phenols is 1. The number of rotatable bonds is 2. The quantitative estimate of drug-likeness (QED) is 0.573. The fraction of sp³-hybridized carbons (Fsp3) is 0.111. The molecule has 1 amide bonds. The molecule has 5 heteroatoms. The molecule has 0 atom stereocenters. The number of aldehydes is 1. The van der Waals surface area contributed by atoms with Crippen molar-refractivity contribution in [2.75, 3.05) is 7.05 Å². The average Bonchev–Trinajstić information content (AvgIpc) is 2.21. The van der Waals surface area contributed by atoms with Gasteiger partial charge in [-0.15, -0.1) is 0 Å². The van der Waals surface area contributed by atoms with Crippen LogP contribution in [0.15, 0.2) is 18.2 Å². The van der Waals surface area contributed by atoms with Gasteiger partial charge in [-0.2, -0.15) is 0 Å². The SMILES string of the molecule is CN.NC(=O)c1cccc(C=O)c1O. The maximum atomic E-state index is 10.6. The highest BCUT2D eigenvalue weighted by atomic mass is 16.3. The van der Waals surface area contributed by atoms with Crippen LogP contribution in [0.2, 0.25) is 0 Å². The molecule has 0 aromatic heterocycles. The van der Waals surface area contributed by atoms with E-state index in [1.807, 2.05) is 0 Å². The van der Waals surface area contributed by atoms with E-state index < -0.39 is 5.91 Å². The summed E-state index contributed by atoms with van der Waals surface area (Å²) in [4.78, 5) is 20.9. The Morgan fingerprint density at radius 1 is 1.43 bits per heavy atom. The standard InChI is InChI=1S/C8H7NO3.CH5N/c9-8(12)6-3-1-2-5(4-10)7(6)11;1-2/h1-4,11H,(H2,9,12);2H2,1H3. The number of carbonyl (C=O) groups excluding carboxylic acids is 2. The summed E-state index contributed by atoms with van der Waals surface area (Å²) in [5.74, 6) is -1.11. The van der Waals surface area contributed by atoms with Gasteiger partial charge in [-0.25, -0.2) is 0 Å². The zero-order valence-electron chi connectivity index (χ0n) is 7.73. The number of para-hydroxylation sites is 1. The highest BCUT2D eigenvalue weighted by molar-refractivity contribution is 5.98. The Balaban J connectivity index is 0.000000791. The molecule has 1 aromatic carbocycles. The Labute approximate surface area is 81.3 Å². The number of hydrogen-bond donors (Lipinski definition) is 3. The van der Waals surface area contributed by atoms with Crippen LogP contribution in [0.4, 0.5) is 0 Å². The van der Waals surface area contributed by atoms with Crippen LogP contribution in [0, 0.1) is 0 Å². The van der Waals surface area contributed by atoms with Crippen LogP contribution in [0.25, 0.3) is 0 Å². The zero-order valence-corrected chi connectivity index (χ0v) is 7.73. The monoisotopic (exact) mass is 196 g/mol. The molecule has 0 saturated carbocycles. The van der Waals surface area contributed by atoms with E-state index in [-0.39, 0.29) is 16.9 Å². The predicted octanol–water partition coefficient (Wildman–Crippen LogP) is -0.122. The summed E-state index contributed by atoms with van der Waals surface area (Å²) >= 11 is 0. The molecule has 76 valence electrons. The number of nitrogens with two attached hydrogens (primary N) is 2. The largest absolute Gasteiger partial charge is 0.506 e. The van der Waals surface area contributed by atoms with Gasteiger partial charge in [-0.05, 0) is 19.2 Å². The minimum Gasteiger partial charge on any atom is -0.506 e. The molecule has 0 fully saturated rings. The number of aromatic hydroxyl groups is 1. The minimum atomic E-state index is -0.754. The number of benzene rings is 1. The lowest BCUT2D eigenvalue weighted by Gasteiger charge is -2.00. The molecule has 0 spiro atoms. The van der Waals surface area contributed by atoms with Crippen molar-refractivity contribution >= 4 is 12.2 Å². The second-order valence-electron chi connectivity index (χ2n) is 2.23. The normalized spacial score (nSPS) is 8.43. The lowest BCUT2D eigenvalue weighted by Crippen LogP contribution is -2.11. The minimum absolute atomic E-state index is 0.0420. The number of hydrogen-bond acceptors (Lipinski definition) is 4. The van der Waals surface area contributed by atoms with Crippen LogP contribution in [0.5, 0.6) is 5.75 Å². The van der Waals surface area contributed by atoms with Gasteiger partial charge in [0, 0.05) is 0 Å². The van der Waals surface area contributed by atoms with E-state index >= 15 is 0 Å². The third-order valence-corrected chi connectivity index (χ3v) is 1.46. The van der Waals surface area contributed by atoms with E-state index in [0.29, 0.717) is 6.29 Å². The topological polar surface area (TPSA) is 106 Å². The Hall–Kier alpha value is -1.88. The Bertz CT molecular complexity index is 337. The first-order chi connectivity index (χ1) is 6.66. The van der Waals surface area contributed by atoms with Crippen molar-refractivity contribution in [3.05, 3.63) is 29.3 Å². The van der Waals surface area contributed by atoms with Crippen LogP contribution in [0.1, 0.15) is 20.7 Å². The molecule has 1 aromatic rings. The van der Waals surface area contributed by atoms with Gasteiger partial charge in [0.15, 0.2) is 6.29 Å². The van der Waals surface area contributed by atoms with Crippen LogP contribution in [0.3, 0.4) is 0 Å². The summed E-state index contributed by atoms with van der Waals surface area (Å²) in [6.45, 7) is 0. The molecule has 1 rings (SSSR count). The molecule has 0 bridgehead atoms. The van der Waals surface area contributed by atoms with Gasteiger partial charge in [0.25, 0.3) is 5.91 Å². The van der Waals surface area contributed by atoms with Gasteiger partial charge in [-0.1, -0.05) is 6.07 Å². The summed E-state index contributed by atoms with van der Waals surface area (Å²) in [6, 6.07) is 4.23. The van der Waals surface area contributed by atoms with E-state index in [4.69, 9.17) is 5.73 Å². The number of amides is 1. The third kappa shape index (κ3) is 2.56. The summed E-state index contributed by atoms with van der Waals surface area (Å²) in [6.07, 6.45) is 0.460. The van der Waals surface area contributed by atoms with Crippen LogP contribution in [-0.2, 0) is 0 Å². The molecule has 0 radical (unpaired) electrons. The molecule has 0 heterocycles. The van der Waals surface area contributed by atoms with E-state index in [9.17, 15) is 14.7 Å². The van der Waals surface area contributed by atoms with Crippen LogP contribution >= 0.6 is 0 Å². The molecule has 5 nitrogen and oxygen atoms in total. The van der Waals surface area contributed by atoms with Gasteiger partial charge in [-0.3, -0.25) is 9.59 Å². The Morgan fingerprint density at radius 3 is 2.43 bits per heavy atom. The van der Waals surface area contributed by atoms with Crippen molar-refractivity contribution in [1.29, 1.82) is 0 Å².